The number of morpholine rings is 1. The highest BCUT2D eigenvalue weighted by molar-refractivity contribution is 5.94. The number of hydrazine groups is 1. The van der Waals surface area contributed by atoms with E-state index in [9.17, 15) is 14.4 Å². The number of rotatable bonds is 6. The van der Waals surface area contributed by atoms with E-state index in [0.29, 0.717) is 57.2 Å². The molecule has 4 amide bonds. The average Bonchev–Trinajstić information content (AvgIpc) is 3.44. The topological polar surface area (TPSA) is 93.6 Å². The number of nitrogens with zero attached hydrogens (tertiary/aromatic N) is 6. The number of aromatic nitrogens is 1. The van der Waals surface area contributed by atoms with Crippen molar-refractivity contribution in [3.63, 3.8) is 0 Å². The van der Waals surface area contributed by atoms with Crippen LogP contribution in [0.3, 0.4) is 0 Å². The van der Waals surface area contributed by atoms with Crippen LogP contribution in [-0.4, -0.2) is 120 Å². The van der Waals surface area contributed by atoms with Crippen LogP contribution in [0.5, 0.6) is 0 Å². The van der Waals surface area contributed by atoms with Crippen molar-refractivity contribution in [3.05, 3.63) is 53.9 Å². The fraction of sp³-hybridized carbons (Fsp3) is 0.552. The number of benzene rings is 1. The summed E-state index contributed by atoms with van der Waals surface area (Å²) in [6, 6.07) is 11.6. The summed E-state index contributed by atoms with van der Waals surface area (Å²) in [6.07, 6.45) is 3.59. The molecule has 11 nitrogen and oxygen atoms in total. The second kappa shape index (κ2) is 12.7. The Hall–Kier alpha value is -3.57. The number of urea groups is 1. The highest BCUT2D eigenvalue weighted by Crippen LogP contribution is 2.22. The molecule has 0 aliphatic carbocycles. The first kappa shape index (κ1) is 28.0. The molecule has 216 valence electrons. The molecule has 0 saturated carbocycles. The Balaban J connectivity index is 1.06. The first-order valence-corrected chi connectivity index (χ1v) is 14.4. The molecule has 3 aliphatic heterocycles. The van der Waals surface area contributed by atoms with Gasteiger partial charge in [0.25, 0.3) is 11.8 Å². The maximum atomic E-state index is 13.1. The highest BCUT2D eigenvalue weighted by atomic mass is 16.5. The number of nitrogens with one attached hydrogen (secondary N) is 1. The number of piperazine rings is 1. The Morgan fingerprint density at radius 1 is 0.900 bits per heavy atom. The number of piperidine rings is 1. The van der Waals surface area contributed by atoms with Crippen LogP contribution < -0.4 is 10.2 Å². The summed E-state index contributed by atoms with van der Waals surface area (Å²) >= 11 is 0. The number of carbonyl (C=O) groups excluding carboxylic acids is 3. The van der Waals surface area contributed by atoms with Crippen molar-refractivity contribution in [2.75, 3.05) is 77.0 Å². The number of amides is 4. The van der Waals surface area contributed by atoms with Crippen LogP contribution in [0.1, 0.15) is 40.6 Å². The van der Waals surface area contributed by atoms with E-state index < -0.39 is 0 Å². The summed E-state index contributed by atoms with van der Waals surface area (Å²) in [5.74, 6) is 0.0275. The minimum absolute atomic E-state index is 0.0112. The summed E-state index contributed by atoms with van der Waals surface area (Å²) in [5.41, 5.74) is 2.45. The van der Waals surface area contributed by atoms with Crippen molar-refractivity contribution in [2.24, 2.45) is 7.05 Å². The Bertz CT molecular complexity index is 1160. The van der Waals surface area contributed by atoms with Crippen molar-refractivity contribution in [3.8, 4) is 0 Å². The molecule has 3 fully saturated rings. The zero-order chi connectivity index (χ0) is 28.1. The van der Waals surface area contributed by atoms with Gasteiger partial charge in [0.05, 0.1) is 13.2 Å². The number of hydrogen-bond donors (Lipinski definition) is 1. The van der Waals surface area contributed by atoms with Crippen LogP contribution in [-0.2, 0) is 11.8 Å². The second-order valence-electron chi connectivity index (χ2n) is 10.6. The number of carbonyl (C=O) groups is 3. The minimum atomic E-state index is -0.0481. The van der Waals surface area contributed by atoms with E-state index in [-0.39, 0.29) is 23.9 Å². The number of hydrogen-bond acceptors (Lipinski definition) is 6. The van der Waals surface area contributed by atoms with Gasteiger partial charge in [-0.1, -0.05) is 0 Å². The Morgan fingerprint density at radius 3 is 2.15 bits per heavy atom. The van der Waals surface area contributed by atoms with Gasteiger partial charge >= 0.3 is 6.03 Å². The molecule has 0 bridgehead atoms. The van der Waals surface area contributed by atoms with Crippen LogP contribution in [0.15, 0.2) is 42.6 Å². The lowest BCUT2D eigenvalue weighted by Gasteiger charge is -2.38. The smallest absolute Gasteiger partial charge is 0.317 e. The lowest BCUT2D eigenvalue weighted by molar-refractivity contribution is -0.0675. The molecule has 1 aromatic heterocycles. The molecule has 0 unspecified atom stereocenters. The molecule has 5 rings (SSSR count). The predicted octanol–water partition coefficient (Wildman–Crippen LogP) is 1.87. The first-order chi connectivity index (χ1) is 19.4. The largest absolute Gasteiger partial charge is 0.379 e. The van der Waals surface area contributed by atoms with Gasteiger partial charge in [0, 0.05) is 89.4 Å². The van der Waals surface area contributed by atoms with Crippen molar-refractivity contribution >= 4 is 23.5 Å². The minimum Gasteiger partial charge on any atom is -0.379 e. The van der Waals surface area contributed by atoms with E-state index in [0.717, 1.165) is 44.7 Å². The Kier molecular flexibility index (Phi) is 8.91. The predicted molar refractivity (Wildman–Crippen MR) is 152 cm³/mol. The van der Waals surface area contributed by atoms with Crippen LogP contribution in [0.4, 0.5) is 10.5 Å². The highest BCUT2D eigenvalue weighted by Gasteiger charge is 2.28. The van der Waals surface area contributed by atoms with E-state index in [1.54, 1.807) is 0 Å². The fourth-order valence-corrected chi connectivity index (χ4v) is 5.74. The monoisotopic (exact) mass is 551 g/mol. The van der Waals surface area contributed by atoms with Gasteiger partial charge in [-0.2, -0.15) is 0 Å². The van der Waals surface area contributed by atoms with Gasteiger partial charge in [-0.3, -0.25) is 14.6 Å². The molecule has 1 N–H and O–H groups in total. The molecule has 0 radical (unpaired) electrons. The van der Waals surface area contributed by atoms with Crippen molar-refractivity contribution in [1.82, 2.24) is 29.7 Å². The van der Waals surface area contributed by atoms with Crippen LogP contribution >= 0.6 is 0 Å². The van der Waals surface area contributed by atoms with E-state index in [1.165, 1.54) is 0 Å². The zero-order valence-corrected chi connectivity index (χ0v) is 23.6. The lowest BCUT2D eigenvalue weighted by atomic mass is 10.0. The normalized spacial score (nSPS) is 19.0. The van der Waals surface area contributed by atoms with Crippen molar-refractivity contribution in [2.45, 2.75) is 25.8 Å². The van der Waals surface area contributed by atoms with Crippen LogP contribution in [0, 0.1) is 0 Å². The van der Waals surface area contributed by atoms with E-state index in [1.807, 2.05) is 75.9 Å². The second-order valence-corrected chi connectivity index (χ2v) is 10.6. The van der Waals surface area contributed by atoms with Gasteiger partial charge in [-0.15, -0.1) is 0 Å². The van der Waals surface area contributed by atoms with Gasteiger partial charge in [-0.05, 0) is 56.2 Å². The molecular weight excluding hydrogens is 510 g/mol. The maximum Gasteiger partial charge on any atom is 0.317 e. The van der Waals surface area contributed by atoms with E-state index in [2.05, 4.69) is 15.2 Å². The molecule has 3 saturated heterocycles. The zero-order valence-electron chi connectivity index (χ0n) is 23.6. The lowest BCUT2D eigenvalue weighted by Crippen LogP contribution is -2.55. The SMILES string of the molecule is CCN(C(=O)c1ccc(N2CCC(NC(=O)N3CCN(C(=O)c4cccn4C)CC3)CC2)cc1)N1CCOCC1. The number of ether oxygens (including phenoxy) is 1. The van der Waals surface area contributed by atoms with Crippen LogP contribution in [0.25, 0.3) is 0 Å². The summed E-state index contributed by atoms with van der Waals surface area (Å²) in [6.45, 7) is 9.20. The van der Waals surface area contributed by atoms with Gasteiger partial charge in [0.2, 0.25) is 0 Å². The van der Waals surface area contributed by atoms with Crippen molar-refractivity contribution < 1.29 is 19.1 Å². The first-order valence-electron chi connectivity index (χ1n) is 14.4. The molecule has 2 aromatic rings. The van der Waals surface area contributed by atoms with Crippen LogP contribution in [0.2, 0.25) is 0 Å². The van der Waals surface area contributed by atoms with E-state index in [4.69, 9.17) is 4.74 Å². The van der Waals surface area contributed by atoms with Gasteiger partial charge in [-0.25, -0.2) is 9.80 Å². The Labute approximate surface area is 236 Å². The third-order valence-corrected chi connectivity index (χ3v) is 8.18. The van der Waals surface area contributed by atoms with Gasteiger partial charge < -0.3 is 29.3 Å². The molecule has 3 aliphatic rings. The number of aryl methyl sites for hydroxylation is 1. The molecule has 4 heterocycles. The maximum absolute atomic E-state index is 13.1. The van der Waals surface area contributed by atoms with E-state index >= 15 is 0 Å². The summed E-state index contributed by atoms with van der Waals surface area (Å²) in [4.78, 5) is 44.7. The molecule has 40 heavy (non-hydrogen) atoms. The standard InChI is InChI=1S/C29H41N7O4/c1-3-36(35-19-21-40-22-20-35)27(37)23-6-8-25(9-7-23)32-13-10-24(11-14-32)30-29(39)34-17-15-33(16-18-34)28(38)26-5-4-12-31(26)2/h4-9,12,24H,3,10-11,13-22H2,1-2H3,(H,30,39). The Morgan fingerprint density at radius 2 is 1.55 bits per heavy atom. The molecule has 0 spiro atoms. The molecule has 11 heteroatoms. The molecular formula is C29H41N7O4. The molecule has 0 atom stereocenters. The third kappa shape index (κ3) is 6.26. The third-order valence-electron chi connectivity index (χ3n) is 8.18. The quantitative estimate of drug-likeness (QED) is 0.589. The molecule has 1 aromatic carbocycles. The number of anilines is 1. The van der Waals surface area contributed by atoms with Gasteiger partial charge in [0.15, 0.2) is 0 Å². The van der Waals surface area contributed by atoms with Gasteiger partial charge in [0.1, 0.15) is 5.69 Å². The van der Waals surface area contributed by atoms with Crippen molar-refractivity contribution in [1.29, 1.82) is 0 Å². The average molecular weight is 552 g/mol. The summed E-state index contributed by atoms with van der Waals surface area (Å²) in [7, 11) is 1.87. The summed E-state index contributed by atoms with van der Waals surface area (Å²) in [5, 5.41) is 7.09. The summed E-state index contributed by atoms with van der Waals surface area (Å²) < 4.78 is 7.25. The fourth-order valence-electron chi connectivity index (χ4n) is 5.74.